The first-order chi connectivity index (χ1) is 5.22. The summed E-state index contributed by atoms with van der Waals surface area (Å²) in [4.78, 5) is 10.4. The van der Waals surface area contributed by atoms with Gasteiger partial charge in [0.1, 0.15) is 0 Å². The highest BCUT2D eigenvalue weighted by Gasteiger charge is 2.26. The van der Waals surface area contributed by atoms with Crippen LogP contribution in [-0.2, 0) is 4.79 Å². The van der Waals surface area contributed by atoms with E-state index in [1.807, 2.05) is 0 Å². The van der Waals surface area contributed by atoms with Crippen molar-refractivity contribution in [3.05, 3.63) is 0 Å². The Balaban J connectivity index is 2.00. The van der Waals surface area contributed by atoms with Crippen molar-refractivity contribution in [2.45, 2.75) is 32.2 Å². The van der Waals surface area contributed by atoms with Gasteiger partial charge in [0.25, 0.3) is 0 Å². The predicted molar refractivity (Wildman–Crippen MR) is 44.0 cm³/mol. The number of carbonyl (C=O) groups is 1. The van der Waals surface area contributed by atoms with Crippen LogP contribution in [0, 0.1) is 5.92 Å². The topological polar surface area (TPSA) is 55.1 Å². The van der Waals surface area contributed by atoms with E-state index in [0.29, 0.717) is 12.6 Å². The molecule has 1 amide bonds. The average Bonchev–Trinajstić information content (AvgIpc) is 1.84. The van der Waals surface area contributed by atoms with Crippen LogP contribution in [0.2, 0.25) is 0 Å². The second-order valence-corrected chi connectivity index (χ2v) is 3.29. The van der Waals surface area contributed by atoms with Gasteiger partial charge in [0.05, 0.1) is 6.54 Å². The van der Waals surface area contributed by atoms with Gasteiger partial charge in [-0.1, -0.05) is 13.3 Å². The Morgan fingerprint density at radius 2 is 2.27 bits per heavy atom. The van der Waals surface area contributed by atoms with Crippen molar-refractivity contribution in [3.63, 3.8) is 0 Å². The lowest BCUT2D eigenvalue weighted by Crippen LogP contribution is -2.44. The summed E-state index contributed by atoms with van der Waals surface area (Å²) in [5.41, 5.74) is 4.99. The zero-order chi connectivity index (χ0) is 8.27. The molecule has 0 aromatic rings. The summed E-state index contributed by atoms with van der Waals surface area (Å²) in [6.07, 6.45) is 3.68. The maximum Gasteiger partial charge on any atom is 0.231 e. The van der Waals surface area contributed by atoms with Gasteiger partial charge in [-0.25, -0.2) is 0 Å². The lowest BCUT2D eigenvalue weighted by molar-refractivity contribution is -0.117. The first kappa shape index (κ1) is 8.53. The van der Waals surface area contributed by atoms with Gasteiger partial charge >= 0.3 is 0 Å². The molecule has 11 heavy (non-hydrogen) atoms. The van der Waals surface area contributed by atoms with Gasteiger partial charge in [-0.3, -0.25) is 4.79 Å². The Morgan fingerprint density at radius 3 is 2.73 bits per heavy atom. The Labute approximate surface area is 67.3 Å². The van der Waals surface area contributed by atoms with Crippen molar-refractivity contribution in [2.75, 3.05) is 6.54 Å². The van der Waals surface area contributed by atoms with Crippen LogP contribution in [0.5, 0.6) is 0 Å². The summed E-state index contributed by atoms with van der Waals surface area (Å²) >= 11 is 0. The molecule has 64 valence electrons. The molecule has 3 heteroatoms. The van der Waals surface area contributed by atoms with Gasteiger partial charge in [0.2, 0.25) is 5.91 Å². The van der Waals surface area contributed by atoms with E-state index in [-0.39, 0.29) is 5.91 Å². The molecule has 0 unspecified atom stereocenters. The van der Waals surface area contributed by atoms with Crippen molar-refractivity contribution in [1.29, 1.82) is 0 Å². The highest BCUT2D eigenvalue weighted by Crippen LogP contribution is 2.29. The standard InChI is InChI=1S/C8H16N2O/c1-2-6-3-7(4-6)10-5-8(9)11/h6-7,10H,2-5H2,1H3,(H2,9,11). The lowest BCUT2D eigenvalue weighted by Gasteiger charge is -2.35. The quantitative estimate of drug-likeness (QED) is 0.613. The molecule has 0 bridgehead atoms. The van der Waals surface area contributed by atoms with Crippen LogP contribution in [0.1, 0.15) is 26.2 Å². The number of nitrogens with two attached hydrogens (primary N) is 1. The number of nitrogens with one attached hydrogen (secondary N) is 1. The van der Waals surface area contributed by atoms with Gasteiger partial charge in [-0.15, -0.1) is 0 Å². The van der Waals surface area contributed by atoms with E-state index in [1.165, 1.54) is 19.3 Å². The van der Waals surface area contributed by atoms with Crippen LogP contribution in [-0.4, -0.2) is 18.5 Å². The van der Waals surface area contributed by atoms with Crippen molar-refractivity contribution < 1.29 is 4.79 Å². The SMILES string of the molecule is CCC1CC(NCC(N)=O)C1. The molecule has 1 aliphatic rings. The van der Waals surface area contributed by atoms with Crippen molar-refractivity contribution in [1.82, 2.24) is 5.32 Å². The zero-order valence-corrected chi connectivity index (χ0v) is 6.97. The number of hydrogen-bond acceptors (Lipinski definition) is 2. The Morgan fingerprint density at radius 1 is 1.64 bits per heavy atom. The van der Waals surface area contributed by atoms with E-state index in [0.717, 1.165) is 5.92 Å². The third kappa shape index (κ3) is 2.50. The van der Waals surface area contributed by atoms with Gasteiger partial charge in [0, 0.05) is 6.04 Å². The van der Waals surface area contributed by atoms with E-state index < -0.39 is 0 Å². The lowest BCUT2D eigenvalue weighted by atomic mass is 9.79. The summed E-state index contributed by atoms with van der Waals surface area (Å²) in [7, 11) is 0. The second kappa shape index (κ2) is 3.72. The molecule has 3 N–H and O–H groups in total. The molecule has 1 fully saturated rings. The molecule has 0 atom stereocenters. The first-order valence-corrected chi connectivity index (χ1v) is 4.24. The molecule has 0 radical (unpaired) electrons. The van der Waals surface area contributed by atoms with Gasteiger partial charge in [0.15, 0.2) is 0 Å². The van der Waals surface area contributed by atoms with Crippen molar-refractivity contribution in [2.24, 2.45) is 11.7 Å². The second-order valence-electron chi connectivity index (χ2n) is 3.29. The summed E-state index contributed by atoms with van der Waals surface area (Å²) in [6.45, 7) is 2.54. The summed E-state index contributed by atoms with van der Waals surface area (Å²) < 4.78 is 0. The molecule has 1 aliphatic carbocycles. The van der Waals surface area contributed by atoms with Crippen LogP contribution >= 0.6 is 0 Å². The minimum Gasteiger partial charge on any atom is -0.369 e. The molecule has 0 aromatic carbocycles. The minimum absolute atomic E-state index is 0.259. The van der Waals surface area contributed by atoms with Crippen LogP contribution in [0.4, 0.5) is 0 Å². The smallest absolute Gasteiger partial charge is 0.231 e. The van der Waals surface area contributed by atoms with Crippen LogP contribution in [0.15, 0.2) is 0 Å². The molecule has 3 nitrogen and oxygen atoms in total. The summed E-state index contributed by atoms with van der Waals surface area (Å²) in [5.74, 6) is 0.616. The number of rotatable bonds is 4. The molecule has 0 heterocycles. The van der Waals surface area contributed by atoms with Crippen LogP contribution in [0.25, 0.3) is 0 Å². The molecule has 0 aliphatic heterocycles. The molecule has 1 saturated carbocycles. The Bertz CT molecular complexity index is 141. The molecule has 0 aromatic heterocycles. The normalized spacial score (nSPS) is 29.5. The third-order valence-electron chi connectivity index (χ3n) is 2.38. The average molecular weight is 156 g/mol. The fourth-order valence-corrected chi connectivity index (χ4v) is 1.48. The van der Waals surface area contributed by atoms with Gasteiger partial charge in [-0.05, 0) is 18.8 Å². The fraction of sp³-hybridized carbons (Fsp3) is 0.875. The van der Waals surface area contributed by atoms with Gasteiger partial charge < -0.3 is 11.1 Å². The first-order valence-electron chi connectivity index (χ1n) is 4.24. The molecule has 0 spiro atoms. The molecular weight excluding hydrogens is 140 g/mol. The Hall–Kier alpha value is -0.570. The summed E-state index contributed by atoms with van der Waals surface area (Å²) in [5, 5.41) is 3.11. The zero-order valence-electron chi connectivity index (χ0n) is 6.97. The number of hydrogen-bond donors (Lipinski definition) is 2. The molecular formula is C8H16N2O. The molecule has 0 saturated heterocycles. The van der Waals surface area contributed by atoms with Crippen molar-refractivity contribution in [3.8, 4) is 0 Å². The predicted octanol–water partition coefficient (Wildman–Crippen LogP) is 0.250. The maximum absolute atomic E-state index is 10.4. The van der Waals surface area contributed by atoms with E-state index in [4.69, 9.17) is 5.73 Å². The third-order valence-corrected chi connectivity index (χ3v) is 2.38. The summed E-state index contributed by atoms with van der Waals surface area (Å²) in [6, 6.07) is 0.549. The molecule has 1 rings (SSSR count). The largest absolute Gasteiger partial charge is 0.369 e. The highest BCUT2D eigenvalue weighted by molar-refractivity contribution is 5.75. The monoisotopic (exact) mass is 156 g/mol. The number of carbonyl (C=O) groups excluding carboxylic acids is 1. The van der Waals surface area contributed by atoms with Crippen LogP contribution < -0.4 is 11.1 Å². The van der Waals surface area contributed by atoms with E-state index >= 15 is 0 Å². The van der Waals surface area contributed by atoms with Gasteiger partial charge in [-0.2, -0.15) is 0 Å². The van der Waals surface area contributed by atoms with Crippen LogP contribution in [0.3, 0.4) is 0 Å². The minimum atomic E-state index is -0.259. The number of primary amides is 1. The van der Waals surface area contributed by atoms with E-state index in [2.05, 4.69) is 12.2 Å². The van der Waals surface area contributed by atoms with E-state index in [1.54, 1.807) is 0 Å². The maximum atomic E-state index is 10.4. The Kier molecular flexibility index (Phi) is 2.88. The number of amides is 1. The van der Waals surface area contributed by atoms with E-state index in [9.17, 15) is 4.79 Å². The fourth-order valence-electron chi connectivity index (χ4n) is 1.48. The highest BCUT2D eigenvalue weighted by atomic mass is 16.1. The van der Waals surface area contributed by atoms with Crippen molar-refractivity contribution >= 4 is 5.91 Å².